The molecule has 0 bridgehead atoms. The smallest absolute Gasteiger partial charge is 0.412 e. The Labute approximate surface area is 154 Å². The van der Waals surface area contributed by atoms with Gasteiger partial charge < -0.3 is 4.74 Å². The molecule has 0 N–H and O–H groups in total. The average molecular weight is 378 g/mol. The van der Waals surface area contributed by atoms with Crippen LogP contribution >= 0.6 is 0 Å². The molecule has 2 nitrogen and oxygen atoms in total. The number of ether oxygens (including phenoxy) is 1. The van der Waals surface area contributed by atoms with Gasteiger partial charge in [-0.25, -0.2) is 4.39 Å². The maximum absolute atomic E-state index is 14.4. The number of allylic oxidation sites excluding steroid dienone is 2. The summed E-state index contributed by atoms with van der Waals surface area (Å²) in [4.78, 5) is 12.0. The van der Waals surface area contributed by atoms with Crippen LogP contribution in [0.15, 0.2) is 60.2 Å². The molecule has 0 radical (unpaired) electrons. The van der Waals surface area contributed by atoms with Crippen molar-refractivity contribution in [2.45, 2.75) is 32.0 Å². The first kappa shape index (κ1) is 19.1. The molecule has 2 unspecified atom stereocenters. The van der Waals surface area contributed by atoms with Crippen molar-refractivity contribution >= 4 is 5.78 Å². The molecule has 0 aromatic heterocycles. The molecule has 0 heterocycles. The zero-order valence-corrected chi connectivity index (χ0v) is 14.6. The SMILES string of the molecule is CC1C(=O)CC(C(F)(F)F)=CC1c1ccc(OCc2ccccc2)c(F)c1. The number of hydrogen-bond donors (Lipinski definition) is 0. The van der Waals surface area contributed by atoms with Gasteiger partial charge in [0.15, 0.2) is 11.6 Å². The van der Waals surface area contributed by atoms with E-state index in [1.54, 1.807) is 6.92 Å². The molecule has 1 aliphatic rings. The lowest BCUT2D eigenvalue weighted by Crippen LogP contribution is -2.28. The Morgan fingerprint density at radius 3 is 2.44 bits per heavy atom. The number of rotatable bonds is 4. The van der Waals surface area contributed by atoms with Gasteiger partial charge in [0.2, 0.25) is 0 Å². The number of carbonyl (C=O) groups excluding carboxylic acids is 1. The predicted octanol–water partition coefficient (Wildman–Crippen LogP) is 5.59. The molecule has 0 fully saturated rings. The minimum atomic E-state index is -4.56. The quantitative estimate of drug-likeness (QED) is 0.512. The van der Waals surface area contributed by atoms with E-state index in [0.29, 0.717) is 5.56 Å². The van der Waals surface area contributed by atoms with Crippen molar-refractivity contribution in [3.63, 3.8) is 0 Å². The van der Waals surface area contributed by atoms with E-state index in [0.717, 1.165) is 17.7 Å². The van der Waals surface area contributed by atoms with Gasteiger partial charge >= 0.3 is 6.18 Å². The standard InChI is InChI=1S/C21H18F4O2/c1-13-17(10-16(11-19(13)26)21(23,24)25)15-7-8-20(18(22)9-15)27-12-14-5-3-2-4-6-14/h2-10,13,17H,11-12H2,1H3. The van der Waals surface area contributed by atoms with Gasteiger partial charge in [0, 0.05) is 23.8 Å². The van der Waals surface area contributed by atoms with Crippen LogP contribution in [0.4, 0.5) is 17.6 Å². The Morgan fingerprint density at radius 1 is 1.11 bits per heavy atom. The van der Waals surface area contributed by atoms with Gasteiger partial charge in [0.25, 0.3) is 0 Å². The van der Waals surface area contributed by atoms with Crippen LogP contribution in [0.5, 0.6) is 5.75 Å². The molecule has 2 aromatic rings. The van der Waals surface area contributed by atoms with Crippen LogP contribution in [0.2, 0.25) is 0 Å². The van der Waals surface area contributed by atoms with Gasteiger partial charge in [-0.2, -0.15) is 13.2 Å². The third-order valence-electron chi connectivity index (χ3n) is 4.73. The molecule has 2 atom stereocenters. The van der Waals surface area contributed by atoms with Crippen LogP contribution in [-0.2, 0) is 11.4 Å². The highest BCUT2D eigenvalue weighted by Gasteiger charge is 2.41. The monoisotopic (exact) mass is 378 g/mol. The third-order valence-corrected chi connectivity index (χ3v) is 4.73. The number of carbonyl (C=O) groups is 1. The molecule has 142 valence electrons. The van der Waals surface area contributed by atoms with Crippen molar-refractivity contribution in [3.05, 3.63) is 77.1 Å². The van der Waals surface area contributed by atoms with Crippen LogP contribution in [0.3, 0.4) is 0 Å². The maximum Gasteiger partial charge on any atom is 0.412 e. The second-order valence-electron chi connectivity index (χ2n) is 6.61. The van der Waals surface area contributed by atoms with Crippen molar-refractivity contribution in [1.29, 1.82) is 0 Å². The van der Waals surface area contributed by atoms with Crippen LogP contribution in [0.1, 0.15) is 30.4 Å². The number of alkyl halides is 3. The summed E-state index contributed by atoms with van der Waals surface area (Å²) in [6, 6.07) is 13.2. The van der Waals surface area contributed by atoms with E-state index in [1.165, 1.54) is 12.1 Å². The molecular formula is C21H18F4O2. The number of benzene rings is 2. The molecular weight excluding hydrogens is 360 g/mol. The Morgan fingerprint density at radius 2 is 1.81 bits per heavy atom. The van der Waals surface area contributed by atoms with E-state index in [-0.39, 0.29) is 12.4 Å². The minimum Gasteiger partial charge on any atom is -0.486 e. The second-order valence-corrected chi connectivity index (χ2v) is 6.61. The molecule has 6 heteroatoms. The van der Waals surface area contributed by atoms with E-state index in [9.17, 15) is 22.4 Å². The summed E-state index contributed by atoms with van der Waals surface area (Å²) in [5.41, 5.74) is 0.313. The number of Topliss-reactive ketones (excluding diaryl/α,β-unsaturated/α-hetero) is 1. The minimum absolute atomic E-state index is 0.0115. The first-order valence-electron chi connectivity index (χ1n) is 8.52. The summed E-state index contributed by atoms with van der Waals surface area (Å²) in [5, 5.41) is 0. The maximum atomic E-state index is 14.4. The Kier molecular flexibility index (Phi) is 5.35. The lowest BCUT2D eigenvalue weighted by molar-refractivity contribution is -0.127. The van der Waals surface area contributed by atoms with Crippen molar-refractivity contribution in [2.75, 3.05) is 0 Å². The van der Waals surface area contributed by atoms with Gasteiger partial charge in [-0.3, -0.25) is 4.79 Å². The fourth-order valence-corrected chi connectivity index (χ4v) is 3.13. The van der Waals surface area contributed by atoms with E-state index in [1.807, 2.05) is 30.3 Å². The van der Waals surface area contributed by atoms with E-state index in [4.69, 9.17) is 4.74 Å². The Hall–Kier alpha value is -2.63. The summed E-state index contributed by atoms with van der Waals surface area (Å²) < 4.78 is 58.9. The molecule has 0 saturated carbocycles. The fourth-order valence-electron chi connectivity index (χ4n) is 3.13. The predicted molar refractivity (Wildman–Crippen MR) is 92.8 cm³/mol. The largest absolute Gasteiger partial charge is 0.486 e. The normalized spacial score (nSPS) is 20.3. The highest BCUT2D eigenvalue weighted by atomic mass is 19.4. The van der Waals surface area contributed by atoms with Crippen molar-refractivity contribution in [3.8, 4) is 5.75 Å². The van der Waals surface area contributed by atoms with E-state index in [2.05, 4.69) is 0 Å². The van der Waals surface area contributed by atoms with Crippen molar-refractivity contribution < 1.29 is 27.1 Å². The zero-order chi connectivity index (χ0) is 19.6. The highest BCUT2D eigenvalue weighted by molar-refractivity contribution is 5.86. The molecule has 3 rings (SSSR count). The van der Waals surface area contributed by atoms with Gasteiger partial charge in [0.05, 0.1) is 0 Å². The van der Waals surface area contributed by atoms with Crippen LogP contribution in [-0.4, -0.2) is 12.0 Å². The molecule has 27 heavy (non-hydrogen) atoms. The van der Waals surface area contributed by atoms with Crippen LogP contribution in [0, 0.1) is 11.7 Å². The van der Waals surface area contributed by atoms with Crippen molar-refractivity contribution in [2.24, 2.45) is 5.92 Å². The fraction of sp³-hybridized carbons (Fsp3) is 0.286. The van der Waals surface area contributed by atoms with Gasteiger partial charge in [-0.15, -0.1) is 0 Å². The van der Waals surface area contributed by atoms with Crippen LogP contribution in [0.25, 0.3) is 0 Å². The van der Waals surface area contributed by atoms with Crippen LogP contribution < -0.4 is 4.74 Å². The Bertz CT molecular complexity index is 856. The topological polar surface area (TPSA) is 26.3 Å². The number of halogens is 4. The third kappa shape index (κ3) is 4.38. The number of hydrogen-bond acceptors (Lipinski definition) is 2. The highest BCUT2D eigenvalue weighted by Crippen LogP contribution is 2.40. The number of ketones is 1. The molecule has 0 saturated heterocycles. The van der Waals surface area contributed by atoms with E-state index >= 15 is 0 Å². The summed E-state index contributed by atoms with van der Waals surface area (Å²) in [5.74, 6) is -2.63. The van der Waals surface area contributed by atoms with Gasteiger partial charge in [-0.05, 0) is 23.3 Å². The van der Waals surface area contributed by atoms with Gasteiger partial charge in [0.1, 0.15) is 12.4 Å². The first-order valence-corrected chi connectivity index (χ1v) is 8.52. The lowest BCUT2D eigenvalue weighted by Gasteiger charge is -2.28. The Balaban J connectivity index is 1.82. The molecule has 2 aromatic carbocycles. The first-order chi connectivity index (χ1) is 12.8. The second kappa shape index (κ2) is 7.55. The molecule has 0 amide bonds. The molecule has 1 aliphatic carbocycles. The molecule has 0 spiro atoms. The summed E-state index contributed by atoms with van der Waals surface area (Å²) in [6.07, 6.45) is -4.17. The van der Waals surface area contributed by atoms with E-state index < -0.39 is 41.6 Å². The van der Waals surface area contributed by atoms with Gasteiger partial charge in [-0.1, -0.05) is 49.4 Å². The summed E-state index contributed by atoms with van der Waals surface area (Å²) in [7, 11) is 0. The molecule has 0 aliphatic heterocycles. The summed E-state index contributed by atoms with van der Waals surface area (Å²) >= 11 is 0. The zero-order valence-electron chi connectivity index (χ0n) is 14.6. The summed E-state index contributed by atoms with van der Waals surface area (Å²) in [6.45, 7) is 1.74. The lowest BCUT2D eigenvalue weighted by atomic mass is 9.77. The average Bonchev–Trinajstić information content (AvgIpc) is 2.63. The van der Waals surface area contributed by atoms with Crippen molar-refractivity contribution in [1.82, 2.24) is 0 Å².